The van der Waals surface area contributed by atoms with Crippen LogP contribution in [0.3, 0.4) is 0 Å². The minimum absolute atomic E-state index is 0.376. The maximum absolute atomic E-state index is 6.16. The van der Waals surface area contributed by atoms with Crippen LogP contribution in [-0.2, 0) is 6.61 Å². The predicted molar refractivity (Wildman–Crippen MR) is 91.9 cm³/mol. The number of hydrogen-bond donors (Lipinski definition) is 0. The highest BCUT2D eigenvalue weighted by atomic mass is 35.5. The van der Waals surface area contributed by atoms with Crippen LogP contribution < -0.4 is 4.74 Å². The van der Waals surface area contributed by atoms with Gasteiger partial charge in [-0.15, -0.1) is 10.2 Å². The fourth-order valence-corrected chi connectivity index (χ4v) is 2.71. The van der Waals surface area contributed by atoms with Crippen molar-refractivity contribution < 1.29 is 9.15 Å². The monoisotopic (exact) mass is 346 g/mol. The number of halogens is 1. The summed E-state index contributed by atoms with van der Waals surface area (Å²) in [6.45, 7) is 2.41. The molecule has 2 aromatic carbocycles. The van der Waals surface area contributed by atoms with Crippen LogP contribution in [0.25, 0.3) is 11.5 Å². The van der Waals surface area contributed by atoms with Gasteiger partial charge in [-0.25, -0.2) is 0 Å². The van der Waals surface area contributed by atoms with Crippen LogP contribution in [0.2, 0.25) is 5.02 Å². The molecule has 0 aliphatic rings. The zero-order chi connectivity index (χ0) is 16.1. The van der Waals surface area contributed by atoms with Crippen molar-refractivity contribution in [1.82, 2.24) is 10.2 Å². The third-order valence-electron chi connectivity index (χ3n) is 3.13. The summed E-state index contributed by atoms with van der Waals surface area (Å²) in [5.74, 6) is 2.02. The van der Waals surface area contributed by atoms with E-state index in [2.05, 4.69) is 10.2 Å². The van der Waals surface area contributed by atoms with Gasteiger partial charge in [-0.05, 0) is 24.0 Å². The smallest absolute Gasteiger partial charge is 0.276 e. The normalized spacial score (nSPS) is 10.7. The van der Waals surface area contributed by atoms with Crippen molar-refractivity contribution in [3.8, 4) is 17.2 Å². The first-order chi connectivity index (χ1) is 11.3. The summed E-state index contributed by atoms with van der Waals surface area (Å²) in [7, 11) is 0. The maximum Gasteiger partial charge on any atom is 0.276 e. The van der Waals surface area contributed by atoms with E-state index in [1.54, 1.807) is 0 Å². The number of thioether (sulfide) groups is 1. The highest BCUT2D eigenvalue weighted by Crippen LogP contribution is 2.31. The molecule has 0 aliphatic carbocycles. The second kappa shape index (κ2) is 7.53. The molecule has 3 aromatic rings. The van der Waals surface area contributed by atoms with Crippen LogP contribution >= 0.6 is 23.4 Å². The van der Waals surface area contributed by atoms with Crippen LogP contribution in [0.15, 0.2) is 58.2 Å². The lowest BCUT2D eigenvalue weighted by Crippen LogP contribution is -1.97. The summed E-state index contributed by atoms with van der Waals surface area (Å²) in [5, 5.41) is 9.36. The van der Waals surface area contributed by atoms with Gasteiger partial charge in [0.1, 0.15) is 12.4 Å². The van der Waals surface area contributed by atoms with E-state index in [0.29, 0.717) is 28.5 Å². The quantitative estimate of drug-likeness (QED) is 0.582. The molecule has 0 amide bonds. The van der Waals surface area contributed by atoms with E-state index in [9.17, 15) is 0 Å². The van der Waals surface area contributed by atoms with Gasteiger partial charge in [0.25, 0.3) is 11.1 Å². The molecule has 1 heterocycles. The van der Waals surface area contributed by atoms with Gasteiger partial charge in [0.15, 0.2) is 0 Å². The van der Waals surface area contributed by atoms with Crippen LogP contribution in [0.1, 0.15) is 12.5 Å². The maximum atomic E-state index is 6.16. The molecule has 0 saturated heterocycles. The van der Waals surface area contributed by atoms with Gasteiger partial charge in [-0.3, -0.25) is 0 Å². The SMILES string of the molecule is CCSc1nnc(-c2ccccc2OCc2ccccc2Cl)o1. The molecule has 0 N–H and O–H groups in total. The summed E-state index contributed by atoms with van der Waals surface area (Å²) >= 11 is 7.67. The Labute approximate surface area is 143 Å². The van der Waals surface area contributed by atoms with Gasteiger partial charge < -0.3 is 9.15 Å². The summed E-state index contributed by atoms with van der Waals surface area (Å²) < 4.78 is 11.6. The van der Waals surface area contributed by atoms with E-state index in [1.165, 1.54) is 11.8 Å². The second-order valence-electron chi connectivity index (χ2n) is 4.68. The first kappa shape index (κ1) is 15.9. The van der Waals surface area contributed by atoms with E-state index >= 15 is 0 Å². The Morgan fingerprint density at radius 1 is 1.09 bits per heavy atom. The third kappa shape index (κ3) is 3.86. The Morgan fingerprint density at radius 2 is 1.87 bits per heavy atom. The number of para-hydroxylation sites is 1. The molecule has 0 bridgehead atoms. The van der Waals surface area contributed by atoms with E-state index < -0.39 is 0 Å². The average Bonchev–Trinajstić information content (AvgIpc) is 3.03. The van der Waals surface area contributed by atoms with Gasteiger partial charge in [0.05, 0.1) is 5.56 Å². The van der Waals surface area contributed by atoms with Crippen LogP contribution in [0, 0.1) is 0 Å². The second-order valence-corrected chi connectivity index (χ2v) is 6.30. The van der Waals surface area contributed by atoms with Crippen molar-refractivity contribution in [3.05, 3.63) is 59.1 Å². The van der Waals surface area contributed by atoms with Gasteiger partial charge in [0.2, 0.25) is 0 Å². The highest BCUT2D eigenvalue weighted by Gasteiger charge is 2.14. The minimum atomic E-state index is 0.376. The lowest BCUT2D eigenvalue weighted by Gasteiger charge is -2.10. The lowest BCUT2D eigenvalue weighted by molar-refractivity contribution is 0.306. The Balaban J connectivity index is 1.81. The fraction of sp³-hybridized carbons (Fsp3) is 0.176. The zero-order valence-electron chi connectivity index (χ0n) is 12.5. The minimum Gasteiger partial charge on any atom is -0.488 e. The molecule has 0 radical (unpaired) electrons. The first-order valence-electron chi connectivity index (χ1n) is 7.20. The van der Waals surface area contributed by atoms with E-state index in [-0.39, 0.29) is 0 Å². The van der Waals surface area contributed by atoms with Gasteiger partial charge in [0, 0.05) is 10.6 Å². The van der Waals surface area contributed by atoms with Crippen molar-refractivity contribution in [2.24, 2.45) is 0 Å². The number of aromatic nitrogens is 2. The molecule has 0 aliphatic heterocycles. The number of benzene rings is 2. The molecule has 0 fully saturated rings. The molecule has 0 atom stereocenters. The number of hydrogen-bond acceptors (Lipinski definition) is 5. The standard InChI is InChI=1S/C17H15ClN2O2S/c1-2-23-17-20-19-16(22-17)13-8-4-6-10-15(13)21-11-12-7-3-5-9-14(12)18/h3-10H,2,11H2,1H3. The van der Waals surface area contributed by atoms with E-state index in [4.69, 9.17) is 20.8 Å². The summed E-state index contributed by atoms with van der Waals surface area (Å²) in [6.07, 6.45) is 0. The molecule has 3 rings (SSSR count). The van der Waals surface area contributed by atoms with Crippen molar-refractivity contribution in [3.63, 3.8) is 0 Å². The fourth-order valence-electron chi connectivity index (χ4n) is 2.04. The van der Waals surface area contributed by atoms with Crippen LogP contribution in [-0.4, -0.2) is 16.0 Å². The summed E-state index contributed by atoms with van der Waals surface area (Å²) in [5.41, 5.74) is 1.70. The summed E-state index contributed by atoms with van der Waals surface area (Å²) in [4.78, 5) is 0. The van der Waals surface area contributed by atoms with E-state index in [0.717, 1.165) is 16.9 Å². The van der Waals surface area contributed by atoms with E-state index in [1.807, 2.05) is 55.5 Å². The van der Waals surface area contributed by atoms with Crippen molar-refractivity contribution in [1.29, 1.82) is 0 Å². The molecule has 118 valence electrons. The zero-order valence-corrected chi connectivity index (χ0v) is 14.1. The topological polar surface area (TPSA) is 48.2 Å². The molecule has 4 nitrogen and oxygen atoms in total. The molecule has 0 saturated carbocycles. The van der Waals surface area contributed by atoms with Gasteiger partial charge >= 0.3 is 0 Å². The lowest BCUT2D eigenvalue weighted by atomic mass is 10.2. The average molecular weight is 347 g/mol. The predicted octanol–water partition coefficient (Wildman–Crippen LogP) is 5.08. The molecule has 6 heteroatoms. The van der Waals surface area contributed by atoms with Gasteiger partial charge in [-0.2, -0.15) is 0 Å². The van der Waals surface area contributed by atoms with Crippen LogP contribution in [0.5, 0.6) is 5.75 Å². The molecule has 0 spiro atoms. The third-order valence-corrected chi connectivity index (χ3v) is 4.20. The molecule has 1 aromatic heterocycles. The Kier molecular flexibility index (Phi) is 5.20. The van der Waals surface area contributed by atoms with Gasteiger partial charge in [-0.1, -0.05) is 60.6 Å². The van der Waals surface area contributed by atoms with Crippen molar-refractivity contribution in [2.75, 3.05) is 5.75 Å². The summed E-state index contributed by atoms with van der Waals surface area (Å²) in [6, 6.07) is 15.2. The molecule has 23 heavy (non-hydrogen) atoms. The van der Waals surface area contributed by atoms with Crippen LogP contribution in [0.4, 0.5) is 0 Å². The van der Waals surface area contributed by atoms with Crippen molar-refractivity contribution in [2.45, 2.75) is 18.8 Å². The Morgan fingerprint density at radius 3 is 2.70 bits per heavy atom. The first-order valence-corrected chi connectivity index (χ1v) is 8.56. The highest BCUT2D eigenvalue weighted by molar-refractivity contribution is 7.99. The van der Waals surface area contributed by atoms with Crippen molar-refractivity contribution >= 4 is 23.4 Å². The Bertz CT molecular complexity index is 792. The number of ether oxygens (including phenoxy) is 1. The number of nitrogens with zero attached hydrogens (tertiary/aromatic N) is 2. The largest absolute Gasteiger partial charge is 0.488 e. The molecular weight excluding hydrogens is 332 g/mol. The molecule has 0 unspecified atom stereocenters. The Hall–Kier alpha value is -1.98. The molecular formula is C17H15ClN2O2S. The number of rotatable bonds is 6.